The van der Waals surface area contributed by atoms with Crippen molar-refractivity contribution in [1.29, 1.82) is 0 Å². The monoisotopic (exact) mass is 350 g/mol. The molecule has 0 radical (unpaired) electrons. The number of ether oxygens (including phenoxy) is 1. The standard InChI is InChI=1S/C19H27FN2O3/c20-17-4-3-5-18(9-17)25-14-19(24)22-11-15(8-16(12-22)13-23)10-21-6-1-2-7-21/h3-5,9,15-16,23H,1-2,6-8,10-14H2/t15-,16+/m0/s1. The highest BCUT2D eigenvalue weighted by Gasteiger charge is 2.31. The Kier molecular flexibility index (Phi) is 6.26. The highest BCUT2D eigenvalue weighted by molar-refractivity contribution is 5.77. The molecule has 25 heavy (non-hydrogen) atoms. The molecule has 0 aromatic heterocycles. The van der Waals surface area contributed by atoms with E-state index in [4.69, 9.17) is 4.74 Å². The number of halogens is 1. The lowest BCUT2D eigenvalue weighted by Crippen LogP contribution is -2.49. The van der Waals surface area contributed by atoms with Crippen LogP contribution in [0.15, 0.2) is 24.3 Å². The van der Waals surface area contributed by atoms with E-state index in [1.807, 2.05) is 0 Å². The van der Waals surface area contributed by atoms with Crippen molar-refractivity contribution < 1.29 is 19.0 Å². The van der Waals surface area contributed by atoms with Gasteiger partial charge in [0, 0.05) is 32.3 Å². The van der Waals surface area contributed by atoms with Crippen LogP contribution in [0.25, 0.3) is 0 Å². The fourth-order valence-electron chi connectivity index (χ4n) is 3.91. The fourth-order valence-corrected chi connectivity index (χ4v) is 3.91. The van der Waals surface area contributed by atoms with Crippen molar-refractivity contribution in [3.63, 3.8) is 0 Å². The minimum absolute atomic E-state index is 0.0992. The molecule has 1 aromatic carbocycles. The van der Waals surface area contributed by atoms with Crippen LogP contribution >= 0.6 is 0 Å². The van der Waals surface area contributed by atoms with Gasteiger partial charge in [-0.2, -0.15) is 0 Å². The van der Waals surface area contributed by atoms with Gasteiger partial charge in [-0.05, 0) is 56.3 Å². The molecular formula is C19H27FN2O3. The maximum atomic E-state index is 13.2. The van der Waals surface area contributed by atoms with Gasteiger partial charge in [0.1, 0.15) is 11.6 Å². The Morgan fingerprint density at radius 1 is 1.24 bits per heavy atom. The van der Waals surface area contributed by atoms with E-state index in [-0.39, 0.29) is 30.9 Å². The number of hydrogen-bond acceptors (Lipinski definition) is 4. The quantitative estimate of drug-likeness (QED) is 0.849. The van der Waals surface area contributed by atoms with Crippen molar-refractivity contribution >= 4 is 5.91 Å². The van der Waals surface area contributed by atoms with Crippen LogP contribution in [-0.4, -0.2) is 66.8 Å². The number of carbonyl (C=O) groups is 1. The van der Waals surface area contributed by atoms with Gasteiger partial charge in [0.25, 0.3) is 5.91 Å². The fraction of sp³-hybridized carbons (Fsp3) is 0.632. The zero-order valence-corrected chi connectivity index (χ0v) is 14.6. The molecule has 2 saturated heterocycles. The third-order valence-corrected chi connectivity index (χ3v) is 5.11. The van der Waals surface area contributed by atoms with Crippen molar-refractivity contribution in [3.05, 3.63) is 30.1 Å². The molecule has 0 bridgehead atoms. The first kappa shape index (κ1) is 18.1. The molecule has 2 aliphatic rings. The van der Waals surface area contributed by atoms with E-state index < -0.39 is 0 Å². The minimum Gasteiger partial charge on any atom is -0.484 e. The lowest BCUT2D eigenvalue weighted by Gasteiger charge is -2.38. The summed E-state index contributed by atoms with van der Waals surface area (Å²) in [5, 5.41) is 9.58. The Morgan fingerprint density at radius 3 is 2.72 bits per heavy atom. The van der Waals surface area contributed by atoms with Crippen LogP contribution in [0.2, 0.25) is 0 Å². The number of rotatable bonds is 6. The number of likely N-dealkylation sites (tertiary alicyclic amines) is 2. The summed E-state index contributed by atoms with van der Waals surface area (Å²) in [6.07, 6.45) is 3.46. The molecular weight excluding hydrogens is 323 g/mol. The van der Waals surface area contributed by atoms with Gasteiger partial charge in [0.15, 0.2) is 6.61 Å². The van der Waals surface area contributed by atoms with Crippen molar-refractivity contribution in [2.75, 3.05) is 45.9 Å². The topological polar surface area (TPSA) is 53.0 Å². The molecule has 0 saturated carbocycles. The number of benzene rings is 1. The molecule has 6 heteroatoms. The molecule has 0 aliphatic carbocycles. The number of hydrogen-bond donors (Lipinski definition) is 1. The Morgan fingerprint density at radius 2 is 2.00 bits per heavy atom. The molecule has 138 valence electrons. The normalized spacial score (nSPS) is 24.5. The van der Waals surface area contributed by atoms with E-state index in [2.05, 4.69) is 4.90 Å². The van der Waals surface area contributed by atoms with E-state index in [9.17, 15) is 14.3 Å². The summed E-state index contributed by atoms with van der Waals surface area (Å²) >= 11 is 0. The zero-order valence-electron chi connectivity index (χ0n) is 14.6. The molecule has 1 aromatic rings. The highest BCUT2D eigenvalue weighted by atomic mass is 19.1. The summed E-state index contributed by atoms with van der Waals surface area (Å²) < 4.78 is 18.6. The Balaban J connectivity index is 1.54. The van der Waals surface area contributed by atoms with Crippen LogP contribution < -0.4 is 4.74 Å². The molecule has 2 heterocycles. The van der Waals surface area contributed by atoms with Crippen molar-refractivity contribution in [2.24, 2.45) is 11.8 Å². The van der Waals surface area contributed by atoms with E-state index in [1.165, 1.54) is 25.0 Å². The van der Waals surface area contributed by atoms with E-state index in [0.717, 1.165) is 26.1 Å². The van der Waals surface area contributed by atoms with Gasteiger partial charge in [0.05, 0.1) is 0 Å². The van der Waals surface area contributed by atoms with Crippen molar-refractivity contribution in [2.45, 2.75) is 19.3 Å². The average molecular weight is 350 g/mol. The predicted molar refractivity (Wildman–Crippen MR) is 92.8 cm³/mol. The van der Waals surface area contributed by atoms with Crippen LogP contribution in [0.1, 0.15) is 19.3 Å². The number of piperidine rings is 1. The molecule has 2 fully saturated rings. The largest absolute Gasteiger partial charge is 0.484 e. The summed E-state index contributed by atoms with van der Waals surface area (Å²) in [7, 11) is 0. The molecule has 0 spiro atoms. The first-order valence-electron chi connectivity index (χ1n) is 9.13. The van der Waals surface area contributed by atoms with Gasteiger partial charge in [-0.3, -0.25) is 4.79 Å². The predicted octanol–water partition coefficient (Wildman–Crippen LogP) is 1.76. The molecule has 1 amide bonds. The molecule has 3 rings (SSSR count). The summed E-state index contributed by atoms with van der Waals surface area (Å²) in [5.74, 6) is 0.391. The number of aliphatic hydroxyl groups is 1. The number of nitrogens with zero attached hydrogens (tertiary/aromatic N) is 2. The molecule has 0 unspecified atom stereocenters. The Hall–Kier alpha value is -1.66. The Labute approximate surface area is 148 Å². The van der Waals surface area contributed by atoms with E-state index >= 15 is 0 Å². The number of aliphatic hydroxyl groups excluding tert-OH is 1. The van der Waals surface area contributed by atoms with Crippen molar-refractivity contribution in [1.82, 2.24) is 9.80 Å². The lowest BCUT2D eigenvalue weighted by atomic mass is 9.89. The summed E-state index contributed by atoms with van der Waals surface area (Å²) in [6.45, 7) is 4.54. The third kappa shape index (κ3) is 5.16. The van der Waals surface area contributed by atoms with Crippen LogP contribution in [-0.2, 0) is 4.79 Å². The smallest absolute Gasteiger partial charge is 0.260 e. The molecule has 2 aliphatic heterocycles. The molecule has 5 nitrogen and oxygen atoms in total. The first-order valence-corrected chi connectivity index (χ1v) is 9.13. The molecule has 1 N–H and O–H groups in total. The zero-order chi connectivity index (χ0) is 17.6. The van der Waals surface area contributed by atoms with E-state index in [1.54, 1.807) is 17.0 Å². The SMILES string of the molecule is O=C(COc1cccc(F)c1)N1C[C@H](CO)C[C@@H](CN2CCCC2)C1. The maximum Gasteiger partial charge on any atom is 0.260 e. The highest BCUT2D eigenvalue weighted by Crippen LogP contribution is 2.24. The third-order valence-electron chi connectivity index (χ3n) is 5.11. The Bertz CT molecular complexity index is 578. The van der Waals surface area contributed by atoms with Crippen LogP contribution in [0, 0.1) is 17.7 Å². The summed E-state index contributed by atoms with van der Waals surface area (Å²) in [5.41, 5.74) is 0. The second-order valence-electron chi connectivity index (χ2n) is 7.20. The van der Waals surface area contributed by atoms with Gasteiger partial charge in [-0.25, -0.2) is 4.39 Å². The second-order valence-corrected chi connectivity index (χ2v) is 7.20. The summed E-state index contributed by atoms with van der Waals surface area (Å²) in [4.78, 5) is 16.8. The van der Waals surface area contributed by atoms with Crippen LogP contribution in [0.3, 0.4) is 0 Å². The van der Waals surface area contributed by atoms with Crippen LogP contribution in [0.4, 0.5) is 4.39 Å². The minimum atomic E-state index is -0.381. The second kappa shape index (κ2) is 8.63. The molecule has 2 atom stereocenters. The van der Waals surface area contributed by atoms with Gasteiger partial charge in [0.2, 0.25) is 0 Å². The average Bonchev–Trinajstić information content (AvgIpc) is 3.12. The van der Waals surface area contributed by atoms with E-state index in [0.29, 0.717) is 24.8 Å². The van der Waals surface area contributed by atoms with Crippen molar-refractivity contribution in [3.8, 4) is 5.75 Å². The van der Waals surface area contributed by atoms with Gasteiger partial charge in [-0.1, -0.05) is 6.07 Å². The maximum absolute atomic E-state index is 13.2. The van der Waals surface area contributed by atoms with Gasteiger partial charge >= 0.3 is 0 Å². The summed E-state index contributed by atoms with van der Waals surface area (Å²) in [6, 6.07) is 5.81. The lowest BCUT2D eigenvalue weighted by molar-refractivity contribution is -0.136. The van der Waals surface area contributed by atoms with Gasteiger partial charge < -0.3 is 19.6 Å². The van der Waals surface area contributed by atoms with Gasteiger partial charge in [-0.15, -0.1) is 0 Å². The first-order chi connectivity index (χ1) is 12.1. The van der Waals surface area contributed by atoms with Crippen LogP contribution in [0.5, 0.6) is 5.75 Å². The number of amides is 1. The number of carbonyl (C=O) groups excluding carboxylic acids is 1.